The van der Waals surface area contributed by atoms with Crippen LogP contribution < -0.4 is 16.6 Å². The predicted molar refractivity (Wildman–Crippen MR) is 86.4 cm³/mol. The first-order chi connectivity index (χ1) is 11.5. The van der Waals surface area contributed by atoms with Gasteiger partial charge in [0.1, 0.15) is 0 Å². The summed E-state index contributed by atoms with van der Waals surface area (Å²) in [5.74, 6) is -0.479. The summed E-state index contributed by atoms with van der Waals surface area (Å²) in [5.41, 5.74) is -1.000. The third-order valence-corrected chi connectivity index (χ3v) is 4.45. The van der Waals surface area contributed by atoms with Crippen molar-refractivity contribution in [1.82, 2.24) is 14.9 Å². The van der Waals surface area contributed by atoms with Gasteiger partial charge in [0.25, 0.3) is 5.56 Å². The van der Waals surface area contributed by atoms with E-state index in [1.54, 1.807) is 0 Å². The molecule has 2 rings (SSSR count). The molecule has 1 amide bonds. The van der Waals surface area contributed by atoms with Crippen LogP contribution in [0.4, 0.5) is 0 Å². The molecular formula is C16H23N3O5. The topological polar surface area (TPSA) is 110 Å². The summed E-state index contributed by atoms with van der Waals surface area (Å²) in [5, 5.41) is 2.83. The summed E-state index contributed by atoms with van der Waals surface area (Å²) in [7, 11) is 1.38. The number of nitrogens with one attached hydrogen (secondary N) is 2. The van der Waals surface area contributed by atoms with Gasteiger partial charge in [0.05, 0.1) is 13.0 Å². The van der Waals surface area contributed by atoms with Crippen molar-refractivity contribution in [3.63, 3.8) is 0 Å². The van der Waals surface area contributed by atoms with Gasteiger partial charge in [0.15, 0.2) is 0 Å². The van der Waals surface area contributed by atoms with Crippen LogP contribution in [0.1, 0.15) is 32.1 Å². The smallest absolute Gasteiger partial charge is 0.328 e. The van der Waals surface area contributed by atoms with Gasteiger partial charge in [0.2, 0.25) is 5.91 Å². The number of rotatable bonds is 6. The van der Waals surface area contributed by atoms with E-state index in [9.17, 15) is 19.2 Å². The van der Waals surface area contributed by atoms with Crippen LogP contribution in [0.15, 0.2) is 21.9 Å². The number of H-pyrrole nitrogens is 1. The minimum atomic E-state index is -0.534. The van der Waals surface area contributed by atoms with Crippen molar-refractivity contribution in [3.8, 4) is 0 Å². The molecule has 2 N–H and O–H groups in total. The molecule has 1 aliphatic carbocycles. The summed E-state index contributed by atoms with van der Waals surface area (Å²) in [6, 6.07) is 1.24. The summed E-state index contributed by atoms with van der Waals surface area (Å²) < 4.78 is 6.11. The number of nitrogens with zero attached hydrogens (tertiary/aromatic N) is 1. The standard InChI is InChI=1S/C16H23N3O5/c1-24-15(22)12-5-3-2-4-11(12)10-17-13(20)6-8-19-9-7-14(21)18-16(19)23/h7,9,11-12H,2-6,8,10H2,1H3,(H,17,20)(H,18,21,23). The molecule has 2 unspecified atom stereocenters. The van der Waals surface area contributed by atoms with Crippen molar-refractivity contribution in [2.45, 2.75) is 38.6 Å². The Kier molecular flexibility index (Phi) is 6.34. The van der Waals surface area contributed by atoms with E-state index in [1.807, 2.05) is 0 Å². The van der Waals surface area contributed by atoms with Gasteiger partial charge >= 0.3 is 11.7 Å². The lowest BCUT2D eigenvalue weighted by atomic mass is 9.79. The van der Waals surface area contributed by atoms with Crippen LogP contribution in [0.5, 0.6) is 0 Å². The normalized spacial score (nSPS) is 20.4. The molecule has 0 aliphatic heterocycles. The van der Waals surface area contributed by atoms with Gasteiger partial charge in [-0.05, 0) is 18.8 Å². The van der Waals surface area contributed by atoms with E-state index in [-0.39, 0.29) is 36.7 Å². The zero-order chi connectivity index (χ0) is 17.5. The molecule has 1 saturated carbocycles. The van der Waals surface area contributed by atoms with Gasteiger partial charge in [0, 0.05) is 31.8 Å². The molecule has 1 aromatic heterocycles. The molecule has 0 aromatic carbocycles. The van der Waals surface area contributed by atoms with Crippen LogP contribution in [0, 0.1) is 11.8 Å². The van der Waals surface area contributed by atoms with Crippen LogP contribution in [-0.4, -0.2) is 35.1 Å². The molecule has 2 atom stereocenters. The third kappa shape index (κ3) is 4.81. The third-order valence-electron chi connectivity index (χ3n) is 4.45. The Morgan fingerprint density at radius 1 is 1.33 bits per heavy atom. The Bertz CT molecular complexity index is 693. The van der Waals surface area contributed by atoms with E-state index in [2.05, 4.69) is 10.3 Å². The predicted octanol–water partition coefficient (Wildman–Crippen LogP) is 0.0223. The second-order valence-electron chi connectivity index (χ2n) is 6.03. The molecule has 1 fully saturated rings. The highest BCUT2D eigenvalue weighted by atomic mass is 16.5. The Hall–Kier alpha value is -2.38. The first-order valence-electron chi connectivity index (χ1n) is 8.15. The van der Waals surface area contributed by atoms with Crippen LogP contribution >= 0.6 is 0 Å². The van der Waals surface area contributed by atoms with Crippen molar-refractivity contribution < 1.29 is 14.3 Å². The van der Waals surface area contributed by atoms with Crippen LogP contribution in [-0.2, 0) is 20.9 Å². The number of ether oxygens (including phenoxy) is 1. The number of carbonyl (C=O) groups excluding carboxylic acids is 2. The lowest BCUT2D eigenvalue weighted by Gasteiger charge is -2.29. The van der Waals surface area contributed by atoms with Gasteiger partial charge in [-0.15, -0.1) is 0 Å². The minimum absolute atomic E-state index is 0.0888. The summed E-state index contributed by atoms with van der Waals surface area (Å²) >= 11 is 0. The average Bonchev–Trinajstić information content (AvgIpc) is 2.58. The maximum absolute atomic E-state index is 12.0. The Morgan fingerprint density at radius 3 is 2.79 bits per heavy atom. The highest BCUT2D eigenvalue weighted by Gasteiger charge is 2.31. The molecular weight excluding hydrogens is 314 g/mol. The van der Waals surface area contributed by atoms with Crippen LogP contribution in [0.25, 0.3) is 0 Å². The Labute approximate surface area is 139 Å². The number of methoxy groups -OCH3 is 1. The Balaban J connectivity index is 1.82. The quantitative estimate of drug-likeness (QED) is 0.711. The van der Waals surface area contributed by atoms with E-state index in [0.717, 1.165) is 25.7 Å². The zero-order valence-electron chi connectivity index (χ0n) is 13.7. The molecule has 0 spiro atoms. The maximum atomic E-state index is 12.0. The molecule has 0 radical (unpaired) electrons. The minimum Gasteiger partial charge on any atom is -0.469 e. The fraction of sp³-hybridized carbons (Fsp3) is 0.625. The first-order valence-corrected chi connectivity index (χ1v) is 8.15. The van der Waals surface area contributed by atoms with E-state index >= 15 is 0 Å². The number of aromatic nitrogens is 2. The summed E-state index contributed by atoms with van der Waals surface area (Å²) in [6.45, 7) is 0.617. The SMILES string of the molecule is COC(=O)C1CCCCC1CNC(=O)CCn1ccc(=O)[nH]c1=O. The van der Waals surface area contributed by atoms with Crippen molar-refractivity contribution in [1.29, 1.82) is 0 Å². The van der Waals surface area contributed by atoms with Crippen molar-refractivity contribution in [2.24, 2.45) is 11.8 Å². The second kappa shape index (κ2) is 8.47. The number of hydrogen-bond donors (Lipinski definition) is 2. The Morgan fingerprint density at radius 2 is 2.08 bits per heavy atom. The number of aryl methyl sites for hydroxylation is 1. The second-order valence-corrected chi connectivity index (χ2v) is 6.03. The maximum Gasteiger partial charge on any atom is 0.328 e. The number of amides is 1. The molecule has 1 aliphatic rings. The van der Waals surface area contributed by atoms with Crippen molar-refractivity contribution in [3.05, 3.63) is 33.1 Å². The molecule has 1 aromatic rings. The highest BCUT2D eigenvalue weighted by Crippen LogP contribution is 2.30. The van der Waals surface area contributed by atoms with E-state index in [4.69, 9.17) is 4.74 Å². The lowest BCUT2D eigenvalue weighted by molar-refractivity contribution is -0.148. The highest BCUT2D eigenvalue weighted by molar-refractivity contribution is 5.76. The van der Waals surface area contributed by atoms with E-state index in [1.165, 1.54) is 23.9 Å². The van der Waals surface area contributed by atoms with Crippen LogP contribution in [0.2, 0.25) is 0 Å². The summed E-state index contributed by atoms with van der Waals surface area (Å²) in [4.78, 5) is 48.4. The fourth-order valence-electron chi connectivity index (χ4n) is 3.09. The van der Waals surface area contributed by atoms with Gasteiger partial charge in [-0.2, -0.15) is 0 Å². The van der Waals surface area contributed by atoms with Crippen molar-refractivity contribution in [2.75, 3.05) is 13.7 Å². The van der Waals surface area contributed by atoms with Gasteiger partial charge in [-0.3, -0.25) is 19.4 Å². The molecule has 132 valence electrons. The molecule has 24 heavy (non-hydrogen) atoms. The average molecular weight is 337 g/mol. The van der Waals surface area contributed by atoms with Crippen LogP contribution in [0.3, 0.4) is 0 Å². The fourth-order valence-corrected chi connectivity index (χ4v) is 3.09. The molecule has 0 saturated heterocycles. The largest absolute Gasteiger partial charge is 0.469 e. The zero-order valence-corrected chi connectivity index (χ0v) is 13.7. The van der Waals surface area contributed by atoms with E-state index < -0.39 is 11.2 Å². The number of hydrogen-bond acceptors (Lipinski definition) is 5. The van der Waals surface area contributed by atoms with Gasteiger partial charge < -0.3 is 14.6 Å². The van der Waals surface area contributed by atoms with Gasteiger partial charge in [-0.25, -0.2) is 4.79 Å². The van der Waals surface area contributed by atoms with E-state index in [0.29, 0.717) is 6.54 Å². The molecule has 1 heterocycles. The molecule has 8 heteroatoms. The monoisotopic (exact) mass is 337 g/mol. The molecule has 0 bridgehead atoms. The lowest BCUT2D eigenvalue weighted by Crippen LogP contribution is -2.38. The molecule has 8 nitrogen and oxygen atoms in total. The summed E-state index contributed by atoms with van der Waals surface area (Å²) in [6.07, 6.45) is 5.21. The van der Waals surface area contributed by atoms with Crippen molar-refractivity contribution >= 4 is 11.9 Å². The first kappa shape index (κ1) is 18.0. The van der Waals surface area contributed by atoms with Gasteiger partial charge in [-0.1, -0.05) is 12.8 Å². The number of aromatic amines is 1. The number of esters is 1. The number of carbonyl (C=O) groups is 2.